The van der Waals surface area contributed by atoms with E-state index < -0.39 is 0 Å². The Labute approximate surface area is 53.0 Å². The molecule has 48 valence electrons. The van der Waals surface area contributed by atoms with Crippen LogP contribution >= 0.6 is 0 Å². The highest BCUT2D eigenvalue weighted by molar-refractivity contribution is 4.89. The van der Waals surface area contributed by atoms with Gasteiger partial charge in [-0.3, -0.25) is 4.79 Å². The van der Waals surface area contributed by atoms with Crippen molar-refractivity contribution in [1.82, 2.24) is 9.55 Å². The summed E-state index contributed by atoms with van der Waals surface area (Å²) in [6, 6.07) is 1.44. The van der Waals surface area contributed by atoms with Gasteiger partial charge in [-0.25, -0.2) is 0 Å². The van der Waals surface area contributed by atoms with E-state index in [-0.39, 0.29) is 5.56 Å². The first-order valence-electron chi connectivity index (χ1n) is 2.70. The molecule has 0 spiro atoms. The largest absolute Gasteiger partial charge is 0.339 e. The van der Waals surface area contributed by atoms with Crippen molar-refractivity contribution in [2.75, 3.05) is 0 Å². The van der Waals surface area contributed by atoms with E-state index in [0.29, 0.717) is 0 Å². The highest BCUT2D eigenvalue weighted by Gasteiger charge is 1.88. The van der Waals surface area contributed by atoms with Crippen molar-refractivity contribution < 1.29 is 0 Å². The van der Waals surface area contributed by atoms with Crippen LogP contribution in [0.4, 0.5) is 0 Å². The number of aromatic nitrogens is 2. The number of nitrogens with zero attached hydrogens (tertiary/aromatic N) is 2. The van der Waals surface area contributed by atoms with Gasteiger partial charge in [0.05, 0.1) is 0 Å². The average Bonchev–Trinajstić information content (AvgIpc) is 1.80. The summed E-state index contributed by atoms with van der Waals surface area (Å²) >= 11 is 0. The molecule has 3 nitrogen and oxygen atoms in total. The molecule has 0 aromatic carbocycles. The van der Waals surface area contributed by atoms with Gasteiger partial charge in [-0.05, 0) is 6.92 Å². The van der Waals surface area contributed by atoms with E-state index in [9.17, 15) is 4.79 Å². The number of hydrogen-bond donors (Lipinski definition) is 0. The van der Waals surface area contributed by atoms with Crippen LogP contribution in [0.1, 0.15) is 5.82 Å². The summed E-state index contributed by atoms with van der Waals surface area (Å²) in [4.78, 5) is 14.2. The molecule has 0 unspecified atom stereocenters. The van der Waals surface area contributed by atoms with E-state index in [2.05, 4.69) is 4.98 Å². The van der Waals surface area contributed by atoms with E-state index in [1.165, 1.54) is 6.07 Å². The van der Waals surface area contributed by atoms with Gasteiger partial charge in [0.1, 0.15) is 5.82 Å². The van der Waals surface area contributed by atoms with Crippen LogP contribution in [-0.4, -0.2) is 9.55 Å². The van der Waals surface area contributed by atoms with E-state index in [4.69, 9.17) is 0 Å². The van der Waals surface area contributed by atoms with Gasteiger partial charge in [0, 0.05) is 19.3 Å². The molecule has 1 aromatic rings. The molecular weight excluding hydrogens is 116 g/mol. The molecule has 0 aliphatic heterocycles. The highest BCUT2D eigenvalue weighted by atomic mass is 16.1. The predicted octanol–water partition coefficient (Wildman–Crippen LogP) is 0.0887. The minimum Gasteiger partial charge on any atom is -0.339 e. The second-order valence-electron chi connectivity index (χ2n) is 1.92. The lowest BCUT2D eigenvalue weighted by molar-refractivity contribution is 0.798. The van der Waals surface area contributed by atoms with Crippen LogP contribution in [-0.2, 0) is 7.05 Å². The molecule has 0 amide bonds. The third-order valence-corrected chi connectivity index (χ3v) is 1.22. The third kappa shape index (κ3) is 1.16. The van der Waals surface area contributed by atoms with Gasteiger partial charge in [-0.15, -0.1) is 0 Å². The molecule has 0 aliphatic carbocycles. The summed E-state index contributed by atoms with van der Waals surface area (Å²) in [5.74, 6) is 0.738. The molecule has 3 heteroatoms. The Kier molecular flexibility index (Phi) is 1.34. The van der Waals surface area contributed by atoms with Crippen LogP contribution in [0.15, 0.2) is 17.1 Å². The Balaban J connectivity index is 3.34. The monoisotopic (exact) mass is 124 g/mol. The van der Waals surface area contributed by atoms with Crippen LogP contribution in [0.2, 0.25) is 0 Å². The lowest BCUT2D eigenvalue weighted by Gasteiger charge is -1.97. The zero-order valence-corrected chi connectivity index (χ0v) is 5.46. The van der Waals surface area contributed by atoms with Gasteiger partial charge in [0.2, 0.25) is 0 Å². The maximum absolute atomic E-state index is 10.5. The second-order valence-corrected chi connectivity index (χ2v) is 1.92. The average molecular weight is 124 g/mol. The lowest BCUT2D eigenvalue weighted by Crippen LogP contribution is -2.10. The Morgan fingerprint density at radius 2 is 2.33 bits per heavy atom. The van der Waals surface area contributed by atoms with Gasteiger partial charge in [0.15, 0.2) is 0 Å². The van der Waals surface area contributed by atoms with Gasteiger partial charge in [-0.1, -0.05) is 0 Å². The number of aryl methyl sites for hydroxylation is 2. The molecule has 0 saturated heterocycles. The van der Waals surface area contributed by atoms with Crippen molar-refractivity contribution in [3.8, 4) is 0 Å². The number of hydrogen-bond acceptors (Lipinski definition) is 2. The van der Waals surface area contributed by atoms with Gasteiger partial charge in [0.25, 0.3) is 5.56 Å². The zero-order valence-electron chi connectivity index (χ0n) is 5.46. The molecule has 1 heterocycles. The summed E-state index contributed by atoms with van der Waals surface area (Å²) in [5, 5.41) is 0. The SMILES string of the molecule is Cc1nc(=O)ccn1C. The summed E-state index contributed by atoms with van der Waals surface area (Å²) in [6.45, 7) is 1.79. The molecular formula is C6H8N2O. The molecule has 0 aliphatic rings. The maximum Gasteiger partial charge on any atom is 0.272 e. The van der Waals surface area contributed by atoms with Crippen molar-refractivity contribution >= 4 is 0 Å². The summed E-state index contributed by atoms with van der Waals surface area (Å²) in [7, 11) is 1.85. The van der Waals surface area contributed by atoms with Gasteiger partial charge >= 0.3 is 0 Å². The minimum atomic E-state index is -0.175. The van der Waals surface area contributed by atoms with Crippen molar-refractivity contribution in [3.05, 3.63) is 28.4 Å². The Morgan fingerprint density at radius 1 is 1.67 bits per heavy atom. The molecule has 0 bridgehead atoms. The normalized spacial score (nSPS) is 9.56. The van der Waals surface area contributed by atoms with Crippen LogP contribution in [0.5, 0.6) is 0 Å². The quantitative estimate of drug-likeness (QED) is 0.491. The van der Waals surface area contributed by atoms with Crippen molar-refractivity contribution in [2.24, 2.45) is 7.05 Å². The predicted molar refractivity (Wildman–Crippen MR) is 34.2 cm³/mol. The topological polar surface area (TPSA) is 34.9 Å². The second kappa shape index (κ2) is 2.01. The smallest absolute Gasteiger partial charge is 0.272 e. The summed E-state index contributed by atoms with van der Waals surface area (Å²) < 4.78 is 1.79. The van der Waals surface area contributed by atoms with Crippen molar-refractivity contribution in [2.45, 2.75) is 6.92 Å². The molecule has 9 heavy (non-hydrogen) atoms. The van der Waals surface area contributed by atoms with Crippen LogP contribution < -0.4 is 5.56 Å². The Hall–Kier alpha value is -1.12. The van der Waals surface area contributed by atoms with Crippen molar-refractivity contribution in [3.63, 3.8) is 0 Å². The van der Waals surface area contributed by atoms with E-state index >= 15 is 0 Å². The Bertz CT molecular complexity index is 264. The van der Waals surface area contributed by atoms with Crippen LogP contribution in [0, 0.1) is 6.92 Å². The van der Waals surface area contributed by atoms with Gasteiger partial charge in [-0.2, -0.15) is 4.98 Å². The lowest BCUT2D eigenvalue weighted by atomic mass is 10.6. The molecule has 0 saturated carbocycles. The van der Waals surface area contributed by atoms with E-state index in [0.717, 1.165) is 5.82 Å². The standard InChI is InChI=1S/C6H8N2O/c1-5-7-6(9)3-4-8(5)2/h3-4H,1-2H3. The van der Waals surface area contributed by atoms with Crippen LogP contribution in [0.25, 0.3) is 0 Å². The first-order valence-corrected chi connectivity index (χ1v) is 2.70. The van der Waals surface area contributed by atoms with Crippen LogP contribution in [0.3, 0.4) is 0 Å². The highest BCUT2D eigenvalue weighted by Crippen LogP contribution is 1.82. The molecule has 0 fully saturated rings. The van der Waals surface area contributed by atoms with E-state index in [1.807, 2.05) is 7.05 Å². The fraction of sp³-hybridized carbons (Fsp3) is 0.333. The Morgan fingerprint density at radius 3 is 2.78 bits per heavy atom. The molecule has 1 aromatic heterocycles. The molecule has 1 rings (SSSR count). The zero-order chi connectivity index (χ0) is 6.85. The third-order valence-electron chi connectivity index (χ3n) is 1.22. The first kappa shape index (κ1) is 6.01. The molecule has 0 atom stereocenters. The first-order chi connectivity index (χ1) is 4.20. The molecule has 0 radical (unpaired) electrons. The fourth-order valence-electron chi connectivity index (χ4n) is 0.559. The summed E-state index contributed by atoms with van der Waals surface area (Å²) in [6.07, 6.45) is 1.70. The maximum atomic E-state index is 10.5. The summed E-state index contributed by atoms with van der Waals surface area (Å²) in [5.41, 5.74) is -0.175. The number of rotatable bonds is 0. The van der Waals surface area contributed by atoms with Crippen molar-refractivity contribution in [1.29, 1.82) is 0 Å². The van der Waals surface area contributed by atoms with E-state index in [1.54, 1.807) is 17.7 Å². The fourth-order valence-corrected chi connectivity index (χ4v) is 0.559. The van der Waals surface area contributed by atoms with Gasteiger partial charge < -0.3 is 4.57 Å². The minimum absolute atomic E-state index is 0.175. The molecule has 0 N–H and O–H groups in total.